The summed E-state index contributed by atoms with van der Waals surface area (Å²) in [5.74, 6) is 0.852. The summed E-state index contributed by atoms with van der Waals surface area (Å²) >= 11 is 6.10. The van der Waals surface area contributed by atoms with Crippen molar-refractivity contribution in [3.63, 3.8) is 0 Å². The molecular formula is C20H23ClN2O2. The van der Waals surface area contributed by atoms with Gasteiger partial charge in [0.15, 0.2) is 0 Å². The molecule has 1 unspecified atom stereocenters. The van der Waals surface area contributed by atoms with Gasteiger partial charge in [-0.3, -0.25) is 9.78 Å². The summed E-state index contributed by atoms with van der Waals surface area (Å²) < 4.78 is 5.97. The largest absolute Gasteiger partial charge is 0.487 e. The Hall–Kier alpha value is -2.07. The third-order valence-corrected chi connectivity index (χ3v) is 4.74. The first kappa shape index (κ1) is 17.7. The highest BCUT2D eigenvalue weighted by Gasteiger charge is 2.25. The Morgan fingerprint density at radius 3 is 2.92 bits per heavy atom. The SMILES string of the molecule is O=C(CCCc1ccccc1)N1CCCC(Oc2ccncc2Cl)C1. The van der Waals surface area contributed by atoms with Crippen molar-refractivity contribution in [1.29, 1.82) is 0 Å². The maximum absolute atomic E-state index is 12.5. The first-order chi connectivity index (χ1) is 12.2. The number of halogens is 1. The summed E-state index contributed by atoms with van der Waals surface area (Å²) in [6.45, 7) is 1.44. The highest BCUT2D eigenvalue weighted by molar-refractivity contribution is 6.31. The Morgan fingerprint density at radius 1 is 1.28 bits per heavy atom. The van der Waals surface area contributed by atoms with Crippen molar-refractivity contribution in [1.82, 2.24) is 9.88 Å². The van der Waals surface area contributed by atoms with Gasteiger partial charge in [0.25, 0.3) is 0 Å². The number of aromatic nitrogens is 1. The summed E-state index contributed by atoms with van der Waals surface area (Å²) in [5, 5.41) is 0.508. The van der Waals surface area contributed by atoms with Crippen LogP contribution in [0.2, 0.25) is 5.02 Å². The lowest BCUT2D eigenvalue weighted by molar-refractivity contribution is -0.133. The number of likely N-dealkylation sites (tertiary alicyclic amines) is 1. The van der Waals surface area contributed by atoms with Crippen LogP contribution >= 0.6 is 11.6 Å². The third-order valence-electron chi connectivity index (χ3n) is 4.46. The third kappa shape index (κ3) is 5.20. The Labute approximate surface area is 153 Å². The molecule has 0 bridgehead atoms. The van der Waals surface area contributed by atoms with Crippen LogP contribution in [0.4, 0.5) is 0 Å². The average molecular weight is 359 g/mol. The molecule has 1 aromatic heterocycles. The second kappa shape index (κ2) is 8.86. The van der Waals surface area contributed by atoms with Crippen molar-refractivity contribution in [2.45, 2.75) is 38.2 Å². The second-order valence-corrected chi connectivity index (χ2v) is 6.77. The summed E-state index contributed by atoms with van der Waals surface area (Å²) in [7, 11) is 0. The zero-order chi connectivity index (χ0) is 17.5. The Kier molecular flexibility index (Phi) is 6.29. The number of amides is 1. The fourth-order valence-corrected chi connectivity index (χ4v) is 3.31. The van der Waals surface area contributed by atoms with E-state index in [2.05, 4.69) is 17.1 Å². The van der Waals surface area contributed by atoms with Gasteiger partial charge in [-0.1, -0.05) is 41.9 Å². The molecule has 1 aliphatic heterocycles. The number of benzene rings is 1. The molecule has 4 nitrogen and oxygen atoms in total. The maximum atomic E-state index is 12.5. The van der Waals surface area contributed by atoms with Crippen LogP contribution in [0.25, 0.3) is 0 Å². The van der Waals surface area contributed by atoms with Gasteiger partial charge in [0.2, 0.25) is 5.91 Å². The van der Waals surface area contributed by atoms with Crippen molar-refractivity contribution in [2.24, 2.45) is 0 Å². The Bertz CT molecular complexity index is 693. The molecule has 1 aromatic carbocycles. The molecule has 0 aliphatic carbocycles. The molecular weight excluding hydrogens is 336 g/mol. The van der Waals surface area contributed by atoms with Crippen molar-refractivity contribution in [3.8, 4) is 5.75 Å². The number of hydrogen-bond acceptors (Lipinski definition) is 3. The van der Waals surface area contributed by atoms with Gasteiger partial charge in [-0.25, -0.2) is 0 Å². The standard InChI is InChI=1S/C20H23ClN2O2/c21-18-14-22-12-11-19(18)25-17-9-5-13-23(15-17)20(24)10-4-8-16-6-2-1-3-7-16/h1-3,6-7,11-12,14,17H,4-5,8-10,13,15H2. The molecule has 3 rings (SSSR count). The molecule has 1 fully saturated rings. The molecule has 0 saturated carbocycles. The van der Waals surface area contributed by atoms with E-state index in [1.807, 2.05) is 23.1 Å². The molecule has 1 amide bonds. The molecule has 1 saturated heterocycles. The van der Waals surface area contributed by atoms with Crippen LogP contribution in [-0.4, -0.2) is 35.0 Å². The van der Waals surface area contributed by atoms with E-state index in [0.29, 0.717) is 23.7 Å². The van der Waals surface area contributed by atoms with Crippen molar-refractivity contribution < 1.29 is 9.53 Å². The summed E-state index contributed by atoms with van der Waals surface area (Å²) in [4.78, 5) is 18.4. The van der Waals surface area contributed by atoms with Gasteiger partial charge in [0.05, 0.1) is 6.54 Å². The smallest absolute Gasteiger partial charge is 0.222 e. The fourth-order valence-electron chi connectivity index (χ4n) is 3.15. The van der Waals surface area contributed by atoms with Crippen LogP contribution in [-0.2, 0) is 11.2 Å². The van der Waals surface area contributed by atoms with E-state index in [1.165, 1.54) is 5.56 Å². The van der Waals surface area contributed by atoms with E-state index in [1.54, 1.807) is 18.5 Å². The highest BCUT2D eigenvalue weighted by Crippen LogP contribution is 2.25. The first-order valence-electron chi connectivity index (χ1n) is 8.80. The number of carbonyl (C=O) groups is 1. The predicted octanol–water partition coefficient (Wildman–Crippen LogP) is 4.13. The Morgan fingerprint density at radius 2 is 2.12 bits per heavy atom. The number of rotatable bonds is 6. The van der Waals surface area contributed by atoms with E-state index >= 15 is 0 Å². The van der Waals surface area contributed by atoms with Gasteiger partial charge in [-0.05, 0) is 31.2 Å². The monoisotopic (exact) mass is 358 g/mol. The average Bonchev–Trinajstić information content (AvgIpc) is 2.65. The van der Waals surface area contributed by atoms with Crippen molar-refractivity contribution in [3.05, 3.63) is 59.4 Å². The molecule has 132 valence electrons. The van der Waals surface area contributed by atoms with E-state index in [9.17, 15) is 4.79 Å². The van der Waals surface area contributed by atoms with Gasteiger partial charge in [-0.2, -0.15) is 0 Å². The number of nitrogens with zero attached hydrogens (tertiary/aromatic N) is 2. The molecule has 0 N–H and O–H groups in total. The van der Waals surface area contributed by atoms with Crippen molar-refractivity contribution >= 4 is 17.5 Å². The molecule has 0 spiro atoms. The summed E-state index contributed by atoms with van der Waals surface area (Å²) in [6.07, 6.45) is 7.52. The quantitative estimate of drug-likeness (QED) is 0.779. The number of hydrogen-bond donors (Lipinski definition) is 0. The molecule has 2 heterocycles. The second-order valence-electron chi connectivity index (χ2n) is 6.37. The fraction of sp³-hybridized carbons (Fsp3) is 0.400. The highest BCUT2D eigenvalue weighted by atomic mass is 35.5. The molecule has 5 heteroatoms. The van der Waals surface area contributed by atoms with Crippen LogP contribution in [0.5, 0.6) is 5.75 Å². The van der Waals surface area contributed by atoms with Gasteiger partial charge in [0.1, 0.15) is 16.9 Å². The van der Waals surface area contributed by atoms with Crippen LogP contribution in [0.15, 0.2) is 48.8 Å². The molecule has 1 aliphatic rings. The summed E-state index contributed by atoms with van der Waals surface area (Å²) in [5.41, 5.74) is 1.28. The van der Waals surface area contributed by atoms with Gasteiger partial charge in [0, 0.05) is 31.4 Å². The minimum Gasteiger partial charge on any atom is -0.487 e. The molecule has 25 heavy (non-hydrogen) atoms. The Balaban J connectivity index is 1.47. The number of ether oxygens (including phenoxy) is 1. The lowest BCUT2D eigenvalue weighted by Gasteiger charge is -2.33. The summed E-state index contributed by atoms with van der Waals surface area (Å²) in [6, 6.07) is 12.1. The predicted molar refractivity (Wildman–Crippen MR) is 98.9 cm³/mol. The lowest BCUT2D eigenvalue weighted by atomic mass is 10.1. The molecule has 1 atom stereocenters. The van der Waals surface area contributed by atoms with Gasteiger partial charge < -0.3 is 9.64 Å². The number of carbonyl (C=O) groups excluding carboxylic acids is 1. The van der Waals surface area contributed by atoms with Crippen molar-refractivity contribution in [2.75, 3.05) is 13.1 Å². The molecule has 0 radical (unpaired) electrons. The van der Waals surface area contributed by atoms with Crippen LogP contribution in [0, 0.1) is 0 Å². The van der Waals surface area contributed by atoms with Crippen LogP contribution in [0.1, 0.15) is 31.2 Å². The van der Waals surface area contributed by atoms with Gasteiger partial charge in [-0.15, -0.1) is 0 Å². The van der Waals surface area contributed by atoms with Crippen LogP contribution < -0.4 is 4.74 Å². The number of piperidine rings is 1. The maximum Gasteiger partial charge on any atom is 0.222 e. The van der Waals surface area contributed by atoms with Gasteiger partial charge >= 0.3 is 0 Å². The van der Waals surface area contributed by atoms with E-state index < -0.39 is 0 Å². The van der Waals surface area contributed by atoms with E-state index in [-0.39, 0.29) is 12.0 Å². The lowest BCUT2D eigenvalue weighted by Crippen LogP contribution is -2.44. The van der Waals surface area contributed by atoms with Crippen LogP contribution in [0.3, 0.4) is 0 Å². The topological polar surface area (TPSA) is 42.4 Å². The minimum atomic E-state index is -0.00766. The number of pyridine rings is 1. The first-order valence-corrected chi connectivity index (χ1v) is 9.18. The van der Waals surface area contributed by atoms with E-state index in [4.69, 9.17) is 16.3 Å². The zero-order valence-corrected chi connectivity index (χ0v) is 15.0. The normalized spacial score (nSPS) is 17.3. The zero-order valence-electron chi connectivity index (χ0n) is 14.2. The minimum absolute atomic E-state index is 0.00766. The molecule has 2 aromatic rings. The number of aryl methyl sites for hydroxylation is 1. The van der Waals surface area contributed by atoms with E-state index in [0.717, 1.165) is 32.2 Å².